The van der Waals surface area contributed by atoms with E-state index in [4.69, 9.17) is 0 Å². The van der Waals surface area contributed by atoms with Crippen LogP contribution in [-0.4, -0.2) is 6.29 Å². The molecule has 60 valence electrons. The molecule has 1 heteroatoms. The molecule has 2 atom stereocenters. The van der Waals surface area contributed by atoms with E-state index in [0.717, 1.165) is 18.6 Å². The van der Waals surface area contributed by atoms with Crippen LogP contribution in [0.2, 0.25) is 0 Å². The molecule has 0 bridgehead atoms. The second kappa shape index (κ2) is 5.45. The van der Waals surface area contributed by atoms with Crippen LogP contribution in [0, 0.1) is 11.8 Å². The van der Waals surface area contributed by atoms with Gasteiger partial charge in [-0.25, -0.2) is 0 Å². The zero-order valence-corrected chi connectivity index (χ0v) is 7.26. The molecular formula is C9H18O. The van der Waals surface area contributed by atoms with Crippen LogP contribution in [0.5, 0.6) is 0 Å². The summed E-state index contributed by atoms with van der Waals surface area (Å²) in [6.07, 6.45) is 4.16. The first-order chi connectivity index (χ1) is 4.70. The normalized spacial score (nSPS) is 16.3. The van der Waals surface area contributed by atoms with Crippen molar-refractivity contribution in [2.24, 2.45) is 11.8 Å². The van der Waals surface area contributed by atoms with Gasteiger partial charge in [-0.3, -0.25) is 0 Å². The van der Waals surface area contributed by atoms with Gasteiger partial charge in [0, 0.05) is 6.42 Å². The van der Waals surface area contributed by atoms with Crippen LogP contribution in [0.15, 0.2) is 0 Å². The van der Waals surface area contributed by atoms with Crippen LogP contribution in [0.1, 0.15) is 40.0 Å². The van der Waals surface area contributed by atoms with Crippen LogP contribution in [0.25, 0.3) is 0 Å². The second-order valence-corrected chi connectivity index (χ2v) is 3.26. The smallest absolute Gasteiger partial charge is 0.120 e. The van der Waals surface area contributed by atoms with Gasteiger partial charge in [-0.2, -0.15) is 0 Å². The molecule has 0 aliphatic heterocycles. The lowest BCUT2D eigenvalue weighted by Gasteiger charge is -2.12. The zero-order chi connectivity index (χ0) is 7.98. The number of carbonyl (C=O) groups excluding carboxylic acids is 1. The Balaban J connectivity index is 3.35. The number of hydrogen-bond donors (Lipinski definition) is 0. The van der Waals surface area contributed by atoms with E-state index in [1.807, 2.05) is 0 Å². The highest BCUT2D eigenvalue weighted by Crippen LogP contribution is 2.15. The van der Waals surface area contributed by atoms with Crippen molar-refractivity contribution in [1.29, 1.82) is 0 Å². The number of rotatable bonds is 5. The lowest BCUT2D eigenvalue weighted by molar-refractivity contribution is -0.108. The lowest BCUT2D eigenvalue weighted by atomic mass is 9.94. The molecule has 0 aromatic carbocycles. The highest BCUT2D eigenvalue weighted by atomic mass is 16.1. The topological polar surface area (TPSA) is 17.1 Å². The molecule has 0 spiro atoms. The van der Waals surface area contributed by atoms with Crippen molar-refractivity contribution < 1.29 is 4.79 Å². The monoisotopic (exact) mass is 142 g/mol. The van der Waals surface area contributed by atoms with E-state index in [2.05, 4.69) is 20.8 Å². The summed E-state index contributed by atoms with van der Waals surface area (Å²) in [4.78, 5) is 10.1. The Morgan fingerprint density at radius 1 is 1.30 bits per heavy atom. The lowest BCUT2D eigenvalue weighted by Crippen LogP contribution is -2.02. The first-order valence-electron chi connectivity index (χ1n) is 4.14. The summed E-state index contributed by atoms with van der Waals surface area (Å²) >= 11 is 0. The Labute approximate surface area is 63.8 Å². The molecule has 0 amide bonds. The summed E-state index contributed by atoms with van der Waals surface area (Å²) in [7, 11) is 0. The van der Waals surface area contributed by atoms with E-state index >= 15 is 0 Å². The first kappa shape index (κ1) is 9.67. The van der Waals surface area contributed by atoms with Crippen molar-refractivity contribution in [3.8, 4) is 0 Å². The molecule has 0 aromatic rings. The van der Waals surface area contributed by atoms with Gasteiger partial charge >= 0.3 is 0 Å². The minimum absolute atomic E-state index is 0.576. The van der Waals surface area contributed by atoms with Crippen LogP contribution in [0.3, 0.4) is 0 Å². The molecule has 0 radical (unpaired) electrons. The Morgan fingerprint density at radius 3 is 2.30 bits per heavy atom. The standard InChI is InChI=1S/C9H18O/c1-4-8(2)7-9(3)5-6-10/h6,8-9H,4-5,7H2,1-3H3/t8-,9+/m0/s1. The Bertz CT molecular complexity index is 88.7. The first-order valence-corrected chi connectivity index (χ1v) is 4.14. The van der Waals surface area contributed by atoms with Gasteiger partial charge in [-0.15, -0.1) is 0 Å². The maximum atomic E-state index is 10.1. The van der Waals surface area contributed by atoms with Crippen molar-refractivity contribution >= 4 is 6.29 Å². The zero-order valence-electron chi connectivity index (χ0n) is 7.26. The highest BCUT2D eigenvalue weighted by molar-refractivity contribution is 5.49. The van der Waals surface area contributed by atoms with Gasteiger partial charge in [0.15, 0.2) is 0 Å². The van der Waals surface area contributed by atoms with E-state index < -0.39 is 0 Å². The quantitative estimate of drug-likeness (QED) is 0.539. The van der Waals surface area contributed by atoms with E-state index in [0.29, 0.717) is 5.92 Å². The predicted molar refractivity (Wildman–Crippen MR) is 43.9 cm³/mol. The average Bonchev–Trinajstić information content (AvgIpc) is 1.88. The fraction of sp³-hybridized carbons (Fsp3) is 0.889. The molecular weight excluding hydrogens is 124 g/mol. The third kappa shape index (κ3) is 4.54. The fourth-order valence-electron chi connectivity index (χ4n) is 1.11. The average molecular weight is 142 g/mol. The number of aldehydes is 1. The molecule has 0 aliphatic carbocycles. The maximum absolute atomic E-state index is 10.1. The molecule has 0 aliphatic rings. The Morgan fingerprint density at radius 2 is 1.90 bits per heavy atom. The van der Waals surface area contributed by atoms with Gasteiger partial charge in [-0.1, -0.05) is 27.2 Å². The molecule has 0 rings (SSSR count). The molecule has 0 unspecified atom stereocenters. The third-order valence-corrected chi connectivity index (χ3v) is 2.00. The van der Waals surface area contributed by atoms with Crippen molar-refractivity contribution in [2.45, 2.75) is 40.0 Å². The van der Waals surface area contributed by atoms with Gasteiger partial charge < -0.3 is 4.79 Å². The minimum atomic E-state index is 0.576. The summed E-state index contributed by atoms with van der Waals surface area (Å²) < 4.78 is 0. The summed E-state index contributed by atoms with van der Waals surface area (Å²) in [5, 5.41) is 0. The molecule has 0 N–H and O–H groups in total. The fourth-order valence-corrected chi connectivity index (χ4v) is 1.11. The SMILES string of the molecule is CC[C@H](C)C[C@H](C)CC=O. The van der Waals surface area contributed by atoms with E-state index in [1.165, 1.54) is 12.8 Å². The van der Waals surface area contributed by atoms with E-state index in [9.17, 15) is 4.79 Å². The Kier molecular flexibility index (Phi) is 5.27. The number of carbonyl (C=O) groups is 1. The molecule has 0 fully saturated rings. The van der Waals surface area contributed by atoms with Crippen molar-refractivity contribution in [3.05, 3.63) is 0 Å². The highest BCUT2D eigenvalue weighted by Gasteiger charge is 2.05. The molecule has 0 saturated carbocycles. The van der Waals surface area contributed by atoms with Crippen LogP contribution in [-0.2, 0) is 4.79 Å². The van der Waals surface area contributed by atoms with Crippen molar-refractivity contribution in [3.63, 3.8) is 0 Å². The maximum Gasteiger partial charge on any atom is 0.120 e. The van der Waals surface area contributed by atoms with Crippen LogP contribution < -0.4 is 0 Å². The number of hydrogen-bond acceptors (Lipinski definition) is 1. The third-order valence-electron chi connectivity index (χ3n) is 2.00. The Hall–Kier alpha value is -0.330. The van der Waals surface area contributed by atoms with E-state index in [1.54, 1.807) is 0 Å². The van der Waals surface area contributed by atoms with Crippen molar-refractivity contribution in [1.82, 2.24) is 0 Å². The van der Waals surface area contributed by atoms with Gasteiger partial charge in [-0.05, 0) is 18.3 Å². The molecule has 1 nitrogen and oxygen atoms in total. The van der Waals surface area contributed by atoms with Crippen LogP contribution >= 0.6 is 0 Å². The summed E-state index contributed by atoms with van der Waals surface area (Å²) in [5.41, 5.74) is 0. The summed E-state index contributed by atoms with van der Waals surface area (Å²) in [6.45, 7) is 6.57. The van der Waals surface area contributed by atoms with Gasteiger partial charge in [0.25, 0.3) is 0 Å². The van der Waals surface area contributed by atoms with Crippen molar-refractivity contribution in [2.75, 3.05) is 0 Å². The van der Waals surface area contributed by atoms with Gasteiger partial charge in [0.05, 0.1) is 0 Å². The summed E-state index contributed by atoms with van der Waals surface area (Å²) in [6, 6.07) is 0. The van der Waals surface area contributed by atoms with Gasteiger partial charge in [0.2, 0.25) is 0 Å². The van der Waals surface area contributed by atoms with Gasteiger partial charge in [0.1, 0.15) is 6.29 Å². The minimum Gasteiger partial charge on any atom is -0.303 e. The molecule has 10 heavy (non-hydrogen) atoms. The largest absolute Gasteiger partial charge is 0.303 e. The van der Waals surface area contributed by atoms with Crippen LogP contribution in [0.4, 0.5) is 0 Å². The predicted octanol–water partition coefficient (Wildman–Crippen LogP) is 2.65. The molecule has 0 saturated heterocycles. The second-order valence-electron chi connectivity index (χ2n) is 3.26. The molecule has 0 aromatic heterocycles. The summed E-state index contributed by atoms with van der Waals surface area (Å²) in [5.74, 6) is 1.35. The molecule has 0 heterocycles. The van der Waals surface area contributed by atoms with E-state index in [-0.39, 0.29) is 0 Å².